The smallest absolute Gasteiger partial charge is 0.253 e. The fourth-order valence-electron chi connectivity index (χ4n) is 1.21. The van der Waals surface area contributed by atoms with E-state index >= 15 is 0 Å². The largest absolute Gasteiger partial charge is 0.497 e. The number of halogens is 1. The average molecular weight is 242 g/mol. The molecule has 1 rings (SSSR count). The van der Waals surface area contributed by atoms with Gasteiger partial charge < -0.3 is 10.1 Å². The SMILES string of the molecule is COc1ccc(C(=O)NC(C)(C)C)c(Cl)c1. The third-order valence-electron chi connectivity index (χ3n) is 1.91. The molecule has 0 aliphatic heterocycles. The predicted octanol–water partition coefficient (Wildman–Crippen LogP) is 2.88. The molecule has 0 aromatic heterocycles. The molecule has 0 aliphatic carbocycles. The third kappa shape index (κ3) is 3.42. The van der Waals surface area contributed by atoms with Crippen LogP contribution in [0.4, 0.5) is 0 Å². The molecule has 0 fully saturated rings. The van der Waals surface area contributed by atoms with Gasteiger partial charge >= 0.3 is 0 Å². The van der Waals surface area contributed by atoms with Gasteiger partial charge in [-0.15, -0.1) is 0 Å². The quantitative estimate of drug-likeness (QED) is 0.865. The minimum absolute atomic E-state index is 0.180. The van der Waals surface area contributed by atoms with Crippen molar-refractivity contribution in [3.8, 4) is 5.75 Å². The topological polar surface area (TPSA) is 38.3 Å². The van der Waals surface area contributed by atoms with Crippen molar-refractivity contribution in [2.45, 2.75) is 26.3 Å². The van der Waals surface area contributed by atoms with Gasteiger partial charge in [0.1, 0.15) is 5.75 Å². The van der Waals surface area contributed by atoms with E-state index in [4.69, 9.17) is 16.3 Å². The summed E-state index contributed by atoms with van der Waals surface area (Å²) in [7, 11) is 1.56. The van der Waals surface area contributed by atoms with Gasteiger partial charge in [-0.3, -0.25) is 4.79 Å². The number of rotatable bonds is 2. The van der Waals surface area contributed by atoms with Crippen LogP contribution in [0.5, 0.6) is 5.75 Å². The van der Waals surface area contributed by atoms with E-state index in [0.29, 0.717) is 16.3 Å². The number of hydrogen-bond donors (Lipinski definition) is 1. The van der Waals surface area contributed by atoms with E-state index in [9.17, 15) is 4.79 Å². The number of amides is 1. The average Bonchev–Trinajstić information content (AvgIpc) is 2.14. The highest BCUT2D eigenvalue weighted by Crippen LogP contribution is 2.22. The monoisotopic (exact) mass is 241 g/mol. The van der Waals surface area contributed by atoms with Crippen molar-refractivity contribution >= 4 is 17.5 Å². The Hall–Kier alpha value is -1.22. The number of carbonyl (C=O) groups excluding carboxylic acids is 1. The number of ether oxygens (including phenoxy) is 1. The van der Waals surface area contributed by atoms with Crippen molar-refractivity contribution in [2.75, 3.05) is 7.11 Å². The second-order valence-corrected chi connectivity index (χ2v) is 4.96. The molecule has 3 nitrogen and oxygen atoms in total. The molecule has 0 saturated carbocycles. The predicted molar refractivity (Wildman–Crippen MR) is 65.2 cm³/mol. The second-order valence-electron chi connectivity index (χ2n) is 4.55. The lowest BCUT2D eigenvalue weighted by Gasteiger charge is -2.20. The summed E-state index contributed by atoms with van der Waals surface area (Å²) >= 11 is 5.99. The van der Waals surface area contributed by atoms with Gasteiger partial charge in [0.25, 0.3) is 5.91 Å². The zero-order valence-corrected chi connectivity index (χ0v) is 10.7. The van der Waals surface area contributed by atoms with Crippen LogP contribution in [0.25, 0.3) is 0 Å². The molecule has 0 spiro atoms. The van der Waals surface area contributed by atoms with Crippen LogP contribution < -0.4 is 10.1 Å². The van der Waals surface area contributed by atoms with Gasteiger partial charge in [-0.1, -0.05) is 11.6 Å². The van der Waals surface area contributed by atoms with Crippen LogP contribution in [0.1, 0.15) is 31.1 Å². The molecule has 0 saturated heterocycles. The fraction of sp³-hybridized carbons (Fsp3) is 0.417. The number of benzene rings is 1. The van der Waals surface area contributed by atoms with Crippen LogP contribution in [0.15, 0.2) is 18.2 Å². The first kappa shape index (κ1) is 12.8. The van der Waals surface area contributed by atoms with Crippen molar-refractivity contribution in [1.82, 2.24) is 5.32 Å². The maximum absolute atomic E-state index is 11.8. The van der Waals surface area contributed by atoms with Crippen LogP contribution in [-0.4, -0.2) is 18.6 Å². The molecule has 0 bridgehead atoms. The van der Waals surface area contributed by atoms with Crippen molar-refractivity contribution in [1.29, 1.82) is 0 Å². The highest BCUT2D eigenvalue weighted by Gasteiger charge is 2.17. The van der Waals surface area contributed by atoms with Crippen molar-refractivity contribution < 1.29 is 9.53 Å². The Bertz CT molecular complexity index is 396. The molecule has 88 valence electrons. The Morgan fingerprint density at radius 1 is 1.38 bits per heavy atom. The number of carbonyl (C=O) groups is 1. The van der Waals surface area contributed by atoms with E-state index in [1.165, 1.54) is 0 Å². The van der Waals surface area contributed by atoms with Gasteiger partial charge in [0.2, 0.25) is 0 Å². The second kappa shape index (κ2) is 4.74. The van der Waals surface area contributed by atoms with E-state index in [2.05, 4.69) is 5.32 Å². The Kier molecular flexibility index (Phi) is 3.81. The molecule has 0 heterocycles. The summed E-state index contributed by atoms with van der Waals surface area (Å²) in [6, 6.07) is 4.99. The van der Waals surface area contributed by atoms with Gasteiger partial charge in [-0.2, -0.15) is 0 Å². The minimum atomic E-state index is -0.277. The maximum Gasteiger partial charge on any atom is 0.253 e. The molecular formula is C12H16ClNO2. The van der Waals surface area contributed by atoms with Crippen LogP contribution in [-0.2, 0) is 0 Å². The van der Waals surface area contributed by atoms with Crippen LogP contribution >= 0.6 is 11.6 Å². The Balaban J connectivity index is 2.93. The molecule has 1 N–H and O–H groups in total. The summed E-state index contributed by atoms with van der Waals surface area (Å²) in [6.07, 6.45) is 0. The van der Waals surface area contributed by atoms with Gasteiger partial charge in [0.15, 0.2) is 0 Å². The van der Waals surface area contributed by atoms with Gasteiger partial charge in [0.05, 0.1) is 17.7 Å². The Labute approximate surface area is 101 Å². The van der Waals surface area contributed by atoms with Gasteiger partial charge in [-0.25, -0.2) is 0 Å². The molecule has 1 aromatic carbocycles. The van der Waals surface area contributed by atoms with Gasteiger partial charge in [-0.05, 0) is 39.0 Å². The lowest BCUT2D eigenvalue weighted by molar-refractivity contribution is 0.0919. The summed E-state index contributed by atoms with van der Waals surface area (Å²) in [6.45, 7) is 5.76. The zero-order valence-electron chi connectivity index (χ0n) is 9.93. The van der Waals surface area contributed by atoms with E-state index in [1.54, 1.807) is 25.3 Å². The molecule has 1 amide bonds. The lowest BCUT2D eigenvalue weighted by Crippen LogP contribution is -2.40. The third-order valence-corrected chi connectivity index (χ3v) is 2.22. The minimum Gasteiger partial charge on any atom is -0.497 e. The molecule has 1 aromatic rings. The molecular weight excluding hydrogens is 226 g/mol. The highest BCUT2D eigenvalue weighted by molar-refractivity contribution is 6.34. The van der Waals surface area contributed by atoms with Crippen LogP contribution in [0.2, 0.25) is 5.02 Å². The zero-order chi connectivity index (χ0) is 12.3. The summed E-state index contributed by atoms with van der Waals surface area (Å²) in [5.41, 5.74) is 0.178. The first-order valence-corrected chi connectivity index (χ1v) is 5.37. The number of nitrogens with one attached hydrogen (secondary N) is 1. The lowest BCUT2D eigenvalue weighted by atomic mass is 10.1. The number of hydrogen-bond acceptors (Lipinski definition) is 2. The van der Waals surface area contributed by atoms with E-state index in [1.807, 2.05) is 20.8 Å². The fourth-order valence-corrected chi connectivity index (χ4v) is 1.47. The van der Waals surface area contributed by atoms with Crippen molar-refractivity contribution in [3.05, 3.63) is 28.8 Å². The molecule has 4 heteroatoms. The summed E-state index contributed by atoms with van der Waals surface area (Å²) in [5.74, 6) is 0.456. The van der Waals surface area contributed by atoms with Crippen LogP contribution in [0, 0.1) is 0 Å². The Morgan fingerprint density at radius 3 is 2.44 bits per heavy atom. The maximum atomic E-state index is 11.8. The number of methoxy groups -OCH3 is 1. The molecule has 0 radical (unpaired) electrons. The summed E-state index contributed by atoms with van der Waals surface area (Å²) in [5, 5.41) is 3.24. The molecule has 0 unspecified atom stereocenters. The van der Waals surface area contributed by atoms with E-state index in [0.717, 1.165) is 0 Å². The highest BCUT2D eigenvalue weighted by atomic mass is 35.5. The summed E-state index contributed by atoms with van der Waals surface area (Å²) < 4.78 is 5.01. The molecule has 0 aliphatic rings. The van der Waals surface area contributed by atoms with Crippen LogP contribution in [0.3, 0.4) is 0 Å². The first-order valence-electron chi connectivity index (χ1n) is 4.99. The standard InChI is InChI=1S/C12H16ClNO2/c1-12(2,3)14-11(15)9-6-5-8(16-4)7-10(9)13/h5-7H,1-4H3,(H,14,15). The summed E-state index contributed by atoms with van der Waals surface area (Å²) in [4.78, 5) is 11.8. The van der Waals surface area contributed by atoms with E-state index in [-0.39, 0.29) is 11.4 Å². The Morgan fingerprint density at radius 2 is 2.00 bits per heavy atom. The normalized spacial score (nSPS) is 11.1. The van der Waals surface area contributed by atoms with Crippen molar-refractivity contribution in [3.63, 3.8) is 0 Å². The first-order chi connectivity index (χ1) is 7.33. The van der Waals surface area contributed by atoms with Crippen molar-refractivity contribution in [2.24, 2.45) is 0 Å². The molecule has 16 heavy (non-hydrogen) atoms. The molecule has 0 atom stereocenters. The van der Waals surface area contributed by atoms with Gasteiger partial charge in [0, 0.05) is 5.54 Å². The van der Waals surface area contributed by atoms with E-state index < -0.39 is 0 Å².